The molecule has 29 heavy (non-hydrogen) atoms. The Bertz CT molecular complexity index is 1070. The molecule has 1 aromatic carbocycles. The maximum absolute atomic E-state index is 11.8. The van der Waals surface area contributed by atoms with Crippen LogP contribution in [0.5, 0.6) is 5.75 Å². The maximum Gasteiger partial charge on any atom is 0.341 e. The second-order valence-corrected chi connectivity index (χ2v) is 7.67. The zero-order chi connectivity index (χ0) is 20.4. The number of carbonyl (C=O) groups excluding carboxylic acids is 1. The van der Waals surface area contributed by atoms with Crippen molar-refractivity contribution in [1.82, 2.24) is 9.97 Å². The van der Waals surface area contributed by atoms with Gasteiger partial charge in [0, 0.05) is 17.0 Å². The molecular formula is C21H20ClN3O4. The van der Waals surface area contributed by atoms with Crippen molar-refractivity contribution in [3.8, 4) is 5.75 Å². The number of hydrogen-bond acceptors (Lipinski definition) is 7. The number of halogens is 1. The van der Waals surface area contributed by atoms with Gasteiger partial charge in [-0.15, -0.1) is 0 Å². The Hall–Kier alpha value is -2.90. The normalized spacial score (nSPS) is 14.9. The minimum atomic E-state index is -0.552. The molecule has 1 aliphatic rings. The van der Waals surface area contributed by atoms with Gasteiger partial charge in [0.1, 0.15) is 16.7 Å². The SMILES string of the molecule is COC(=O)c1cc(Nc2nccc3cc(OCC4(C)COC4)ccc23)cnc1Cl. The highest BCUT2D eigenvalue weighted by atomic mass is 35.5. The second kappa shape index (κ2) is 7.85. The summed E-state index contributed by atoms with van der Waals surface area (Å²) in [5, 5.41) is 5.16. The van der Waals surface area contributed by atoms with E-state index in [4.69, 9.17) is 25.8 Å². The lowest BCUT2D eigenvalue weighted by molar-refractivity contribution is -0.120. The van der Waals surface area contributed by atoms with Crippen LogP contribution in [-0.2, 0) is 9.47 Å². The van der Waals surface area contributed by atoms with E-state index in [-0.39, 0.29) is 16.1 Å². The third kappa shape index (κ3) is 4.11. The summed E-state index contributed by atoms with van der Waals surface area (Å²) in [5.74, 6) is 0.877. The van der Waals surface area contributed by atoms with Crippen molar-refractivity contribution >= 4 is 39.8 Å². The number of benzene rings is 1. The van der Waals surface area contributed by atoms with E-state index in [0.29, 0.717) is 18.1 Å². The van der Waals surface area contributed by atoms with E-state index in [9.17, 15) is 4.79 Å². The van der Waals surface area contributed by atoms with Gasteiger partial charge >= 0.3 is 5.97 Å². The zero-order valence-corrected chi connectivity index (χ0v) is 16.8. The third-order valence-electron chi connectivity index (χ3n) is 4.73. The first-order valence-electron chi connectivity index (χ1n) is 9.08. The van der Waals surface area contributed by atoms with Gasteiger partial charge in [0.25, 0.3) is 0 Å². The summed E-state index contributed by atoms with van der Waals surface area (Å²) >= 11 is 5.98. The molecule has 0 radical (unpaired) electrons. The van der Waals surface area contributed by atoms with Gasteiger partial charge in [0.15, 0.2) is 0 Å². The van der Waals surface area contributed by atoms with Crippen molar-refractivity contribution in [2.45, 2.75) is 6.92 Å². The predicted octanol–water partition coefficient (Wildman–Crippen LogP) is 4.23. The molecule has 1 fully saturated rings. The third-order valence-corrected chi connectivity index (χ3v) is 5.03. The van der Waals surface area contributed by atoms with Gasteiger partial charge in [-0.05, 0) is 35.7 Å². The molecule has 8 heteroatoms. The van der Waals surface area contributed by atoms with Gasteiger partial charge in [-0.2, -0.15) is 0 Å². The van der Waals surface area contributed by atoms with Crippen LogP contribution in [0.4, 0.5) is 11.5 Å². The first-order valence-corrected chi connectivity index (χ1v) is 9.45. The van der Waals surface area contributed by atoms with Crippen LogP contribution in [-0.4, -0.2) is 42.9 Å². The maximum atomic E-state index is 11.8. The average Bonchev–Trinajstić information content (AvgIpc) is 2.71. The molecule has 1 N–H and O–H groups in total. The first kappa shape index (κ1) is 19.4. The fourth-order valence-electron chi connectivity index (χ4n) is 3.04. The summed E-state index contributed by atoms with van der Waals surface area (Å²) in [6, 6.07) is 9.34. The van der Waals surface area contributed by atoms with Crippen molar-refractivity contribution < 1.29 is 19.0 Å². The lowest BCUT2D eigenvalue weighted by atomic mass is 9.90. The predicted molar refractivity (Wildman–Crippen MR) is 110 cm³/mol. The average molecular weight is 414 g/mol. The Morgan fingerprint density at radius 3 is 2.83 bits per heavy atom. The highest BCUT2D eigenvalue weighted by molar-refractivity contribution is 6.32. The second-order valence-electron chi connectivity index (χ2n) is 7.31. The molecule has 0 unspecified atom stereocenters. The van der Waals surface area contributed by atoms with Crippen LogP contribution in [0.2, 0.25) is 5.15 Å². The van der Waals surface area contributed by atoms with Gasteiger partial charge < -0.3 is 19.5 Å². The van der Waals surface area contributed by atoms with Crippen molar-refractivity contribution in [2.75, 3.05) is 32.2 Å². The molecule has 4 rings (SSSR count). The first-order chi connectivity index (χ1) is 14.0. The highest BCUT2D eigenvalue weighted by Crippen LogP contribution is 2.31. The molecular weight excluding hydrogens is 394 g/mol. The summed E-state index contributed by atoms with van der Waals surface area (Å²) in [4.78, 5) is 20.3. The van der Waals surface area contributed by atoms with Crippen molar-refractivity contribution in [1.29, 1.82) is 0 Å². The Kier molecular flexibility index (Phi) is 5.25. The molecule has 0 saturated carbocycles. The monoisotopic (exact) mass is 413 g/mol. The van der Waals surface area contributed by atoms with Crippen LogP contribution in [0.3, 0.4) is 0 Å². The smallest absolute Gasteiger partial charge is 0.341 e. The number of carbonyl (C=O) groups is 1. The van der Waals surface area contributed by atoms with Crippen LogP contribution in [0.15, 0.2) is 42.7 Å². The molecule has 0 atom stereocenters. The van der Waals surface area contributed by atoms with Crippen molar-refractivity contribution in [3.05, 3.63) is 53.4 Å². The Morgan fingerprint density at radius 1 is 1.28 bits per heavy atom. The molecule has 0 amide bonds. The minimum absolute atomic E-state index is 0.0822. The van der Waals surface area contributed by atoms with E-state index >= 15 is 0 Å². The largest absolute Gasteiger partial charge is 0.493 e. The van der Waals surface area contributed by atoms with Gasteiger partial charge in [-0.3, -0.25) is 0 Å². The van der Waals surface area contributed by atoms with Crippen LogP contribution < -0.4 is 10.1 Å². The van der Waals surface area contributed by atoms with Crippen LogP contribution in [0.25, 0.3) is 10.8 Å². The molecule has 7 nitrogen and oxygen atoms in total. The topological polar surface area (TPSA) is 82.6 Å². The van der Waals surface area contributed by atoms with Gasteiger partial charge in [-0.25, -0.2) is 14.8 Å². The molecule has 3 heterocycles. The Balaban J connectivity index is 1.57. The lowest BCUT2D eigenvalue weighted by Gasteiger charge is -2.37. The van der Waals surface area contributed by atoms with Crippen molar-refractivity contribution in [2.24, 2.45) is 5.41 Å². The van der Waals surface area contributed by atoms with E-state index in [0.717, 1.165) is 29.7 Å². The van der Waals surface area contributed by atoms with Crippen LogP contribution >= 0.6 is 11.6 Å². The quantitative estimate of drug-likeness (QED) is 0.478. The minimum Gasteiger partial charge on any atom is -0.493 e. The molecule has 3 aromatic rings. The highest BCUT2D eigenvalue weighted by Gasteiger charge is 2.34. The Morgan fingerprint density at radius 2 is 2.10 bits per heavy atom. The molecule has 150 valence electrons. The number of nitrogens with zero attached hydrogens (tertiary/aromatic N) is 2. The number of methoxy groups -OCH3 is 1. The number of fused-ring (bicyclic) bond motifs is 1. The standard InChI is InChI=1S/C21H20ClN3O4/c1-21(10-28-11-21)12-29-15-3-4-16-13(7-15)5-6-23-19(16)25-14-8-17(20(26)27-2)18(22)24-9-14/h3-9H,10-12H2,1-2H3,(H,23,25). The number of rotatable bonds is 6. The number of hydrogen-bond donors (Lipinski definition) is 1. The van der Waals surface area contributed by atoms with Crippen molar-refractivity contribution in [3.63, 3.8) is 0 Å². The number of nitrogens with one attached hydrogen (secondary N) is 1. The fourth-order valence-corrected chi connectivity index (χ4v) is 3.22. The summed E-state index contributed by atoms with van der Waals surface area (Å²) in [7, 11) is 1.29. The summed E-state index contributed by atoms with van der Waals surface area (Å²) in [5.41, 5.74) is 0.843. The number of aromatic nitrogens is 2. The number of ether oxygens (including phenoxy) is 3. The van der Waals surface area contributed by atoms with E-state index in [2.05, 4.69) is 22.2 Å². The number of esters is 1. The fraction of sp³-hybridized carbons (Fsp3) is 0.286. The van der Waals surface area contributed by atoms with Gasteiger partial charge in [-0.1, -0.05) is 18.5 Å². The molecule has 0 aliphatic carbocycles. The van der Waals surface area contributed by atoms with Gasteiger partial charge in [0.05, 0.1) is 44.4 Å². The van der Waals surface area contributed by atoms with E-state index < -0.39 is 5.97 Å². The molecule has 0 spiro atoms. The van der Waals surface area contributed by atoms with Crippen LogP contribution in [0, 0.1) is 5.41 Å². The molecule has 1 saturated heterocycles. The molecule has 1 aliphatic heterocycles. The summed E-state index contributed by atoms with van der Waals surface area (Å²) in [6.07, 6.45) is 3.24. The summed E-state index contributed by atoms with van der Waals surface area (Å²) < 4.78 is 16.0. The van der Waals surface area contributed by atoms with E-state index in [1.165, 1.54) is 13.3 Å². The molecule has 2 aromatic heterocycles. The number of anilines is 2. The van der Waals surface area contributed by atoms with E-state index in [1.54, 1.807) is 12.3 Å². The van der Waals surface area contributed by atoms with E-state index in [1.807, 2.05) is 24.3 Å². The Labute approximate surface area is 173 Å². The van der Waals surface area contributed by atoms with Gasteiger partial charge in [0.2, 0.25) is 0 Å². The molecule has 0 bridgehead atoms. The number of pyridine rings is 2. The van der Waals surface area contributed by atoms with Crippen LogP contribution in [0.1, 0.15) is 17.3 Å². The summed E-state index contributed by atoms with van der Waals surface area (Å²) in [6.45, 7) is 4.20. The zero-order valence-electron chi connectivity index (χ0n) is 16.1. The lowest BCUT2D eigenvalue weighted by Crippen LogP contribution is -2.44.